The van der Waals surface area contributed by atoms with E-state index in [0.717, 1.165) is 35.7 Å². The molecule has 4 nitrogen and oxygen atoms in total. The Morgan fingerprint density at radius 1 is 1.27 bits per heavy atom. The zero-order chi connectivity index (χ0) is 17.4. The Kier molecular flexibility index (Phi) is 5.88. The first-order valence-corrected chi connectivity index (χ1v) is 9.40. The molecule has 1 amide bonds. The average molecular weight is 380 g/mol. The van der Waals surface area contributed by atoms with E-state index < -0.39 is 0 Å². The average Bonchev–Trinajstić information content (AvgIpc) is 2.96. The summed E-state index contributed by atoms with van der Waals surface area (Å²) >= 11 is 0. The molecule has 1 heterocycles. The van der Waals surface area contributed by atoms with Crippen LogP contribution >= 0.6 is 12.4 Å². The summed E-state index contributed by atoms with van der Waals surface area (Å²) in [5.74, 6) is 1.09. The van der Waals surface area contributed by atoms with Gasteiger partial charge in [0, 0.05) is 35.6 Å². The molecule has 142 valence electrons. The van der Waals surface area contributed by atoms with E-state index in [1.54, 1.807) is 6.07 Å². The molecule has 2 bridgehead atoms. The van der Waals surface area contributed by atoms with Crippen molar-refractivity contribution in [2.45, 2.75) is 44.6 Å². The molecule has 0 radical (unpaired) electrons. The van der Waals surface area contributed by atoms with Crippen molar-refractivity contribution in [3.63, 3.8) is 0 Å². The third kappa shape index (κ3) is 3.74. The molecule has 2 atom stereocenters. The molecule has 1 aromatic carbocycles. The number of aromatic amines is 1. The van der Waals surface area contributed by atoms with Gasteiger partial charge in [0.05, 0.1) is 0 Å². The lowest BCUT2D eigenvalue weighted by Crippen LogP contribution is -2.49. The van der Waals surface area contributed by atoms with Gasteiger partial charge < -0.3 is 16.0 Å². The van der Waals surface area contributed by atoms with Gasteiger partial charge in [-0.15, -0.1) is 12.4 Å². The van der Waals surface area contributed by atoms with E-state index in [4.69, 9.17) is 5.73 Å². The minimum absolute atomic E-state index is 0. The SMILES string of the molecule is Cl.NC1C2CCCC1CC(C(=O)NCCc1c[nH]c3cc(F)ccc13)C2. The molecule has 4 rings (SSSR count). The van der Waals surface area contributed by atoms with Gasteiger partial charge in [-0.1, -0.05) is 6.42 Å². The van der Waals surface area contributed by atoms with Crippen molar-refractivity contribution in [1.29, 1.82) is 0 Å². The van der Waals surface area contributed by atoms with Crippen LogP contribution < -0.4 is 11.1 Å². The van der Waals surface area contributed by atoms with E-state index in [1.807, 2.05) is 6.20 Å². The number of hydrogen-bond acceptors (Lipinski definition) is 2. The van der Waals surface area contributed by atoms with Crippen LogP contribution in [-0.4, -0.2) is 23.5 Å². The molecule has 0 spiro atoms. The third-order valence-corrected chi connectivity index (χ3v) is 6.21. The summed E-state index contributed by atoms with van der Waals surface area (Å²) in [6.45, 7) is 0.612. The third-order valence-electron chi connectivity index (χ3n) is 6.21. The second-order valence-electron chi connectivity index (χ2n) is 7.74. The lowest BCUT2D eigenvalue weighted by atomic mass is 9.65. The topological polar surface area (TPSA) is 70.9 Å². The minimum Gasteiger partial charge on any atom is -0.361 e. The number of benzene rings is 1. The highest BCUT2D eigenvalue weighted by atomic mass is 35.5. The maximum Gasteiger partial charge on any atom is 0.223 e. The van der Waals surface area contributed by atoms with Crippen LogP contribution in [-0.2, 0) is 11.2 Å². The van der Waals surface area contributed by atoms with E-state index >= 15 is 0 Å². The van der Waals surface area contributed by atoms with Crippen molar-refractivity contribution in [2.24, 2.45) is 23.5 Å². The minimum atomic E-state index is -0.241. The maximum absolute atomic E-state index is 13.2. The summed E-state index contributed by atoms with van der Waals surface area (Å²) in [6.07, 6.45) is 8.14. The number of amides is 1. The normalized spacial score (nSPS) is 27.8. The fourth-order valence-corrected chi connectivity index (χ4v) is 4.83. The molecular weight excluding hydrogens is 353 g/mol. The summed E-state index contributed by atoms with van der Waals surface area (Å²) in [5.41, 5.74) is 8.22. The van der Waals surface area contributed by atoms with Gasteiger partial charge in [-0.3, -0.25) is 4.79 Å². The molecule has 2 saturated carbocycles. The summed E-state index contributed by atoms with van der Waals surface area (Å²) in [4.78, 5) is 15.7. The van der Waals surface area contributed by atoms with Gasteiger partial charge in [-0.2, -0.15) is 0 Å². The van der Waals surface area contributed by atoms with Gasteiger partial charge in [0.15, 0.2) is 0 Å². The second kappa shape index (κ2) is 7.97. The van der Waals surface area contributed by atoms with Gasteiger partial charge in [0.25, 0.3) is 0 Å². The van der Waals surface area contributed by atoms with Crippen LogP contribution in [0.15, 0.2) is 24.4 Å². The fraction of sp³-hybridized carbons (Fsp3) is 0.550. The molecule has 2 fully saturated rings. The van der Waals surface area contributed by atoms with Crippen molar-refractivity contribution in [3.05, 3.63) is 35.8 Å². The van der Waals surface area contributed by atoms with Crippen molar-refractivity contribution >= 4 is 29.2 Å². The van der Waals surface area contributed by atoms with Crippen LogP contribution in [0.3, 0.4) is 0 Å². The van der Waals surface area contributed by atoms with Crippen LogP contribution in [0.25, 0.3) is 10.9 Å². The van der Waals surface area contributed by atoms with Crippen molar-refractivity contribution < 1.29 is 9.18 Å². The largest absolute Gasteiger partial charge is 0.361 e. The van der Waals surface area contributed by atoms with Crippen molar-refractivity contribution in [1.82, 2.24) is 10.3 Å². The van der Waals surface area contributed by atoms with Gasteiger partial charge in [-0.25, -0.2) is 4.39 Å². The van der Waals surface area contributed by atoms with Crippen LogP contribution in [0.5, 0.6) is 0 Å². The molecular formula is C20H27ClFN3O. The lowest BCUT2D eigenvalue weighted by Gasteiger charge is -2.43. The predicted octanol–water partition coefficient (Wildman–Crippen LogP) is 3.54. The molecule has 4 N–H and O–H groups in total. The summed E-state index contributed by atoms with van der Waals surface area (Å²) in [6, 6.07) is 5.07. The molecule has 2 aromatic rings. The smallest absolute Gasteiger partial charge is 0.223 e. The van der Waals surface area contributed by atoms with Gasteiger partial charge >= 0.3 is 0 Å². The highest BCUT2D eigenvalue weighted by Crippen LogP contribution is 2.41. The zero-order valence-electron chi connectivity index (χ0n) is 14.8. The van der Waals surface area contributed by atoms with E-state index in [-0.39, 0.29) is 30.0 Å². The second-order valence-corrected chi connectivity index (χ2v) is 7.74. The maximum atomic E-state index is 13.2. The predicted molar refractivity (Wildman–Crippen MR) is 104 cm³/mol. The quantitative estimate of drug-likeness (QED) is 0.760. The zero-order valence-corrected chi connectivity index (χ0v) is 15.7. The molecule has 26 heavy (non-hydrogen) atoms. The number of rotatable bonds is 4. The van der Waals surface area contributed by atoms with Gasteiger partial charge in [0.1, 0.15) is 5.82 Å². The summed E-state index contributed by atoms with van der Waals surface area (Å²) in [7, 11) is 0. The Morgan fingerprint density at radius 2 is 2.00 bits per heavy atom. The molecule has 6 heteroatoms. The number of fused-ring (bicyclic) bond motifs is 3. The van der Waals surface area contributed by atoms with E-state index in [1.165, 1.54) is 31.4 Å². The van der Waals surface area contributed by atoms with E-state index in [9.17, 15) is 9.18 Å². The summed E-state index contributed by atoms with van der Waals surface area (Å²) < 4.78 is 13.2. The van der Waals surface area contributed by atoms with Gasteiger partial charge in [-0.05, 0) is 67.7 Å². The number of carbonyl (C=O) groups excluding carboxylic acids is 1. The van der Waals surface area contributed by atoms with Crippen LogP contribution in [0, 0.1) is 23.6 Å². The molecule has 0 aliphatic heterocycles. The highest BCUT2D eigenvalue weighted by molar-refractivity contribution is 5.85. The molecule has 2 aliphatic carbocycles. The molecule has 1 aromatic heterocycles. The van der Waals surface area contributed by atoms with Crippen molar-refractivity contribution in [2.75, 3.05) is 6.54 Å². The van der Waals surface area contributed by atoms with E-state index in [0.29, 0.717) is 24.4 Å². The molecule has 2 unspecified atom stereocenters. The van der Waals surface area contributed by atoms with Crippen LogP contribution in [0.2, 0.25) is 0 Å². The van der Waals surface area contributed by atoms with Crippen LogP contribution in [0.4, 0.5) is 4.39 Å². The molecule has 2 aliphatic rings. The first-order valence-electron chi connectivity index (χ1n) is 9.40. The first kappa shape index (κ1) is 19.2. The Balaban J connectivity index is 0.00000196. The Labute approximate surface area is 159 Å². The van der Waals surface area contributed by atoms with Crippen LogP contribution in [0.1, 0.15) is 37.7 Å². The first-order chi connectivity index (χ1) is 12.1. The number of aromatic nitrogens is 1. The number of H-pyrrole nitrogens is 1. The van der Waals surface area contributed by atoms with Gasteiger partial charge in [0.2, 0.25) is 5.91 Å². The molecule has 0 saturated heterocycles. The monoisotopic (exact) mass is 379 g/mol. The number of nitrogens with two attached hydrogens (primary N) is 1. The number of nitrogens with one attached hydrogen (secondary N) is 2. The Morgan fingerprint density at radius 3 is 2.73 bits per heavy atom. The number of halogens is 2. The Bertz CT molecular complexity index is 764. The number of hydrogen-bond donors (Lipinski definition) is 3. The number of carbonyl (C=O) groups is 1. The lowest BCUT2D eigenvalue weighted by molar-refractivity contribution is -0.127. The fourth-order valence-electron chi connectivity index (χ4n) is 4.83. The van der Waals surface area contributed by atoms with E-state index in [2.05, 4.69) is 10.3 Å². The standard InChI is InChI=1S/C20H26FN3O.ClH/c21-16-4-5-17-14(11-24-18(17)10-16)6-7-23-20(25)15-8-12-2-1-3-13(9-15)19(12)22;/h4-5,10-13,15,19,24H,1-3,6-9,22H2,(H,23,25);1H. The summed E-state index contributed by atoms with van der Waals surface area (Å²) in [5, 5.41) is 4.13. The highest BCUT2D eigenvalue weighted by Gasteiger charge is 2.40. The van der Waals surface area contributed by atoms with Crippen molar-refractivity contribution in [3.8, 4) is 0 Å². The Hall–Kier alpha value is -1.59.